The monoisotopic (exact) mass is 287 g/mol. The van der Waals surface area contributed by atoms with Crippen LogP contribution in [0.25, 0.3) is 0 Å². The molecule has 0 aromatic heterocycles. The summed E-state index contributed by atoms with van der Waals surface area (Å²) in [6.07, 6.45) is 7.24. The second-order valence-corrected chi connectivity index (χ2v) is 8.69. The Kier molecular flexibility index (Phi) is 6.23. The number of rotatable bonds is 4. The summed E-state index contributed by atoms with van der Waals surface area (Å²) in [6, 6.07) is 0.746. The molecular formula is C15H29NS2. The van der Waals surface area contributed by atoms with E-state index in [-0.39, 0.29) is 0 Å². The van der Waals surface area contributed by atoms with E-state index in [4.69, 9.17) is 0 Å². The van der Waals surface area contributed by atoms with Gasteiger partial charge in [0.1, 0.15) is 0 Å². The van der Waals surface area contributed by atoms with Gasteiger partial charge in [-0.25, -0.2) is 0 Å². The van der Waals surface area contributed by atoms with E-state index < -0.39 is 0 Å². The lowest BCUT2D eigenvalue weighted by Crippen LogP contribution is -2.48. The van der Waals surface area contributed by atoms with Crippen molar-refractivity contribution in [2.45, 2.75) is 62.5 Å². The average molecular weight is 288 g/mol. The van der Waals surface area contributed by atoms with Crippen molar-refractivity contribution in [1.29, 1.82) is 0 Å². The summed E-state index contributed by atoms with van der Waals surface area (Å²) in [4.78, 5) is 0. The Morgan fingerprint density at radius 1 is 1.11 bits per heavy atom. The predicted molar refractivity (Wildman–Crippen MR) is 86.8 cm³/mol. The molecule has 1 aliphatic heterocycles. The summed E-state index contributed by atoms with van der Waals surface area (Å²) >= 11 is 4.40. The molecule has 3 unspecified atom stereocenters. The third-order valence-electron chi connectivity index (χ3n) is 4.90. The lowest BCUT2D eigenvalue weighted by molar-refractivity contribution is 0.219. The minimum absolute atomic E-state index is 0.746. The van der Waals surface area contributed by atoms with Crippen molar-refractivity contribution in [3.63, 3.8) is 0 Å². The molecule has 1 saturated carbocycles. The van der Waals surface area contributed by atoms with Crippen molar-refractivity contribution < 1.29 is 0 Å². The quantitative estimate of drug-likeness (QED) is 0.838. The molecule has 2 fully saturated rings. The summed E-state index contributed by atoms with van der Waals surface area (Å²) < 4.78 is 0. The summed E-state index contributed by atoms with van der Waals surface area (Å²) in [5, 5.41) is 5.33. The molecule has 0 aromatic rings. The van der Waals surface area contributed by atoms with Gasteiger partial charge in [0.15, 0.2) is 0 Å². The Morgan fingerprint density at radius 2 is 1.78 bits per heavy atom. The maximum atomic E-state index is 3.67. The lowest BCUT2D eigenvalue weighted by atomic mass is 9.76. The highest BCUT2D eigenvalue weighted by molar-refractivity contribution is 8.07. The average Bonchev–Trinajstić information content (AvgIpc) is 2.42. The molecule has 2 rings (SSSR count). The van der Waals surface area contributed by atoms with E-state index >= 15 is 0 Å². The summed E-state index contributed by atoms with van der Waals surface area (Å²) in [5.74, 6) is 4.64. The summed E-state index contributed by atoms with van der Waals surface area (Å²) in [7, 11) is 2.18. The van der Waals surface area contributed by atoms with Crippen LogP contribution in [0.4, 0.5) is 0 Å². The van der Waals surface area contributed by atoms with Crippen molar-refractivity contribution in [1.82, 2.24) is 5.32 Å². The van der Waals surface area contributed by atoms with E-state index in [9.17, 15) is 0 Å². The van der Waals surface area contributed by atoms with Gasteiger partial charge in [0.2, 0.25) is 0 Å². The highest BCUT2D eigenvalue weighted by Gasteiger charge is 2.35. The molecular weight excluding hydrogens is 258 g/mol. The van der Waals surface area contributed by atoms with Crippen molar-refractivity contribution in [2.75, 3.05) is 18.6 Å². The largest absolute Gasteiger partial charge is 0.316 e. The smallest absolute Gasteiger partial charge is 0.0320 e. The molecule has 1 heterocycles. The Hall–Kier alpha value is 0.660. The third-order valence-corrected chi connectivity index (χ3v) is 8.12. The first-order valence-corrected chi connectivity index (χ1v) is 9.76. The molecule has 0 aromatic carbocycles. The molecule has 1 aliphatic carbocycles. The van der Waals surface area contributed by atoms with Crippen molar-refractivity contribution in [3.05, 3.63) is 0 Å². The predicted octanol–water partition coefficient (Wildman–Crippen LogP) is 4.03. The molecule has 3 heteroatoms. The second-order valence-electron chi connectivity index (χ2n) is 5.91. The van der Waals surface area contributed by atoms with Crippen LogP contribution in [0.15, 0.2) is 0 Å². The van der Waals surface area contributed by atoms with Gasteiger partial charge in [-0.05, 0) is 31.7 Å². The van der Waals surface area contributed by atoms with Crippen LogP contribution >= 0.6 is 23.5 Å². The van der Waals surface area contributed by atoms with Crippen LogP contribution < -0.4 is 5.32 Å². The van der Waals surface area contributed by atoms with Gasteiger partial charge in [0.05, 0.1) is 0 Å². The molecule has 106 valence electrons. The molecule has 0 spiro atoms. The van der Waals surface area contributed by atoms with E-state index in [1.54, 1.807) is 0 Å². The summed E-state index contributed by atoms with van der Waals surface area (Å²) in [6.45, 7) is 4.79. The van der Waals surface area contributed by atoms with E-state index in [0.717, 1.165) is 28.4 Å². The minimum atomic E-state index is 0.746. The molecule has 0 bridgehead atoms. The maximum Gasteiger partial charge on any atom is 0.0320 e. The maximum absolute atomic E-state index is 3.67. The molecule has 1 N–H and O–H groups in total. The Morgan fingerprint density at radius 3 is 2.33 bits per heavy atom. The van der Waals surface area contributed by atoms with Crippen LogP contribution in [0.1, 0.15) is 46.0 Å². The van der Waals surface area contributed by atoms with E-state index in [1.807, 2.05) is 0 Å². The van der Waals surface area contributed by atoms with Gasteiger partial charge >= 0.3 is 0 Å². The van der Waals surface area contributed by atoms with Crippen LogP contribution in [0.2, 0.25) is 0 Å². The Balaban J connectivity index is 1.91. The normalized spacial score (nSPS) is 39.5. The van der Waals surface area contributed by atoms with Crippen molar-refractivity contribution in [2.24, 2.45) is 11.8 Å². The third kappa shape index (κ3) is 3.61. The second kappa shape index (κ2) is 7.44. The SMILES string of the molecule is CCC1CCC(C(NC)C2SCCSC2C)CC1. The Labute approximate surface area is 122 Å². The number of hydrogen-bond donors (Lipinski definition) is 1. The molecule has 3 atom stereocenters. The van der Waals surface area contributed by atoms with Gasteiger partial charge in [-0.2, -0.15) is 23.5 Å². The van der Waals surface area contributed by atoms with Crippen LogP contribution in [-0.2, 0) is 0 Å². The van der Waals surface area contributed by atoms with Crippen molar-refractivity contribution >= 4 is 23.5 Å². The number of nitrogens with one attached hydrogen (secondary N) is 1. The van der Waals surface area contributed by atoms with Crippen molar-refractivity contribution in [3.8, 4) is 0 Å². The van der Waals surface area contributed by atoms with E-state index in [2.05, 4.69) is 49.7 Å². The van der Waals surface area contributed by atoms with Gasteiger partial charge in [0, 0.05) is 28.0 Å². The van der Waals surface area contributed by atoms with Gasteiger partial charge < -0.3 is 5.32 Å². The topological polar surface area (TPSA) is 12.0 Å². The van der Waals surface area contributed by atoms with Gasteiger partial charge in [-0.1, -0.05) is 33.1 Å². The van der Waals surface area contributed by atoms with Crippen LogP contribution in [0.3, 0.4) is 0 Å². The molecule has 2 aliphatic rings. The molecule has 0 radical (unpaired) electrons. The highest BCUT2D eigenvalue weighted by Crippen LogP contribution is 2.40. The fourth-order valence-electron chi connectivity index (χ4n) is 3.67. The standard InChI is InChI=1S/C15H29NS2/c1-4-12-5-7-13(8-6-12)14(16-3)15-11(2)17-9-10-18-15/h11-16H,4-10H2,1-3H3. The van der Waals surface area contributed by atoms with Crippen LogP contribution in [-0.4, -0.2) is 35.1 Å². The molecule has 18 heavy (non-hydrogen) atoms. The fraction of sp³-hybridized carbons (Fsp3) is 1.00. The highest BCUT2D eigenvalue weighted by atomic mass is 32.2. The lowest BCUT2D eigenvalue weighted by Gasteiger charge is -2.41. The zero-order chi connectivity index (χ0) is 13.0. The fourth-order valence-corrected chi connectivity index (χ4v) is 6.75. The van der Waals surface area contributed by atoms with Gasteiger partial charge in [-0.3, -0.25) is 0 Å². The molecule has 1 nitrogen and oxygen atoms in total. The van der Waals surface area contributed by atoms with Crippen LogP contribution in [0, 0.1) is 11.8 Å². The van der Waals surface area contributed by atoms with Gasteiger partial charge in [-0.15, -0.1) is 0 Å². The first-order valence-electron chi connectivity index (χ1n) is 7.66. The zero-order valence-corrected chi connectivity index (χ0v) is 13.8. The van der Waals surface area contributed by atoms with E-state index in [1.165, 1.54) is 43.6 Å². The van der Waals surface area contributed by atoms with Gasteiger partial charge in [0.25, 0.3) is 0 Å². The van der Waals surface area contributed by atoms with E-state index in [0.29, 0.717) is 0 Å². The number of thioether (sulfide) groups is 2. The first kappa shape index (κ1) is 15.1. The van der Waals surface area contributed by atoms with Crippen LogP contribution in [0.5, 0.6) is 0 Å². The zero-order valence-electron chi connectivity index (χ0n) is 12.2. The number of hydrogen-bond acceptors (Lipinski definition) is 3. The summed E-state index contributed by atoms with van der Waals surface area (Å²) in [5.41, 5.74) is 0. The first-order chi connectivity index (χ1) is 8.76. The Bertz CT molecular complexity index is 239. The molecule has 1 saturated heterocycles. The molecule has 0 amide bonds. The minimum Gasteiger partial charge on any atom is -0.316 e.